The van der Waals surface area contributed by atoms with E-state index in [4.69, 9.17) is 19.3 Å². The fraction of sp³-hybridized carbons (Fsp3) is 0.320. The molecule has 1 aromatic heterocycles. The molecule has 0 spiro atoms. The van der Waals surface area contributed by atoms with Gasteiger partial charge in [0.05, 0.1) is 42.6 Å². The number of methoxy groups -OCH3 is 1. The zero-order chi connectivity index (χ0) is 23.3. The zero-order valence-electron chi connectivity index (χ0n) is 18.9. The van der Waals surface area contributed by atoms with Gasteiger partial charge in [0.25, 0.3) is 0 Å². The Morgan fingerprint density at radius 2 is 2.03 bits per heavy atom. The van der Waals surface area contributed by atoms with Crippen molar-refractivity contribution in [3.63, 3.8) is 0 Å². The van der Waals surface area contributed by atoms with Gasteiger partial charge in [-0.15, -0.1) is 0 Å². The lowest BCUT2D eigenvalue weighted by Gasteiger charge is -2.35. The number of nitrogens with one attached hydrogen (secondary N) is 1. The Balaban J connectivity index is 1.58. The summed E-state index contributed by atoms with van der Waals surface area (Å²) in [4.78, 5) is 14.7. The number of carbonyl (C=O) groups is 1. The van der Waals surface area contributed by atoms with Crippen molar-refractivity contribution in [1.29, 1.82) is 5.26 Å². The summed E-state index contributed by atoms with van der Waals surface area (Å²) in [6, 6.07) is 12.9. The Labute approximate surface area is 191 Å². The smallest absolute Gasteiger partial charge is 0.411 e. The Bertz CT molecular complexity index is 1260. The number of aromatic nitrogens is 1. The molecule has 8 heteroatoms. The van der Waals surface area contributed by atoms with Gasteiger partial charge >= 0.3 is 6.09 Å². The summed E-state index contributed by atoms with van der Waals surface area (Å²) in [5.41, 5.74) is 5.94. The summed E-state index contributed by atoms with van der Waals surface area (Å²) in [6.07, 6.45) is -0.675. The summed E-state index contributed by atoms with van der Waals surface area (Å²) >= 11 is 0. The third-order valence-corrected chi connectivity index (χ3v) is 6.54. The maximum Gasteiger partial charge on any atom is 0.411 e. The predicted octanol–water partition coefficient (Wildman–Crippen LogP) is 4.89. The number of hydrogen-bond donors (Lipinski definition) is 1. The molecule has 2 aliphatic heterocycles. The van der Waals surface area contributed by atoms with E-state index in [9.17, 15) is 4.79 Å². The number of anilines is 1. The maximum absolute atomic E-state index is 13.0. The number of nitriles is 1. The number of benzene rings is 2. The highest BCUT2D eigenvalue weighted by Gasteiger charge is 2.48. The Morgan fingerprint density at radius 1 is 1.27 bits per heavy atom. The summed E-state index contributed by atoms with van der Waals surface area (Å²) in [7, 11) is 1.63. The number of hydrogen-bond acceptors (Lipinski definition) is 7. The molecule has 0 aliphatic carbocycles. The first kappa shape index (κ1) is 20.9. The molecule has 2 aromatic carbocycles. The zero-order valence-corrected chi connectivity index (χ0v) is 18.9. The number of aryl methyl sites for hydroxylation is 2. The van der Waals surface area contributed by atoms with Crippen LogP contribution < -0.4 is 10.1 Å². The monoisotopic (exact) mass is 444 g/mol. The molecule has 2 unspecified atom stereocenters. The van der Waals surface area contributed by atoms with Gasteiger partial charge in [0.1, 0.15) is 23.7 Å². The molecule has 3 atom stereocenters. The van der Waals surface area contributed by atoms with Crippen molar-refractivity contribution < 1.29 is 18.8 Å². The van der Waals surface area contributed by atoms with Crippen molar-refractivity contribution >= 4 is 11.8 Å². The number of rotatable bonds is 4. The fourth-order valence-corrected chi connectivity index (χ4v) is 4.88. The van der Waals surface area contributed by atoms with Gasteiger partial charge in [-0.2, -0.15) is 5.26 Å². The van der Waals surface area contributed by atoms with E-state index in [0.29, 0.717) is 17.9 Å². The standard InChI is InChI=1S/C25H24N4O4/c1-13-23(15(3)33-28-13)19-9-20-18(10-21(19)31-4)24-22(12-27-20)32-25(30)29(24)14(2)17-7-5-16(11-26)6-8-17/h5-10,14,22,24,27H,12H2,1-4H3/t14-,22?,24?/m1/s1. The van der Waals surface area contributed by atoms with Crippen LogP contribution in [0.1, 0.15) is 47.2 Å². The summed E-state index contributed by atoms with van der Waals surface area (Å²) in [5.74, 6) is 1.39. The molecule has 8 nitrogen and oxygen atoms in total. The molecule has 2 aliphatic rings. The average Bonchev–Trinajstić information content (AvgIpc) is 3.35. The third-order valence-electron chi connectivity index (χ3n) is 6.54. The van der Waals surface area contributed by atoms with Gasteiger partial charge in [-0.3, -0.25) is 4.90 Å². The number of carbonyl (C=O) groups excluding carboxylic acids is 1. The van der Waals surface area contributed by atoms with Gasteiger partial charge in [0, 0.05) is 16.8 Å². The lowest BCUT2D eigenvalue weighted by molar-refractivity contribution is 0.131. The van der Waals surface area contributed by atoms with Gasteiger partial charge in [-0.1, -0.05) is 17.3 Å². The van der Waals surface area contributed by atoms with E-state index >= 15 is 0 Å². The van der Waals surface area contributed by atoms with Gasteiger partial charge in [0.2, 0.25) is 0 Å². The molecule has 1 fully saturated rings. The highest BCUT2D eigenvalue weighted by Crippen LogP contribution is 2.48. The number of fused-ring (bicyclic) bond motifs is 3. The minimum absolute atomic E-state index is 0.237. The molecule has 168 valence electrons. The second-order valence-corrected chi connectivity index (χ2v) is 8.40. The van der Waals surface area contributed by atoms with Crippen molar-refractivity contribution in [2.24, 2.45) is 0 Å². The van der Waals surface area contributed by atoms with E-state index in [1.165, 1.54) is 0 Å². The predicted molar refractivity (Wildman–Crippen MR) is 121 cm³/mol. The van der Waals surface area contributed by atoms with Crippen molar-refractivity contribution in [2.45, 2.75) is 39.0 Å². The van der Waals surface area contributed by atoms with Gasteiger partial charge in [-0.05, 0) is 50.6 Å². The van der Waals surface area contributed by atoms with Crippen molar-refractivity contribution in [3.8, 4) is 22.9 Å². The fourth-order valence-electron chi connectivity index (χ4n) is 4.88. The van der Waals surface area contributed by atoms with Gasteiger partial charge in [-0.25, -0.2) is 4.79 Å². The molecule has 0 radical (unpaired) electrons. The van der Waals surface area contributed by atoms with Crippen LogP contribution in [0, 0.1) is 25.2 Å². The van der Waals surface area contributed by atoms with E-state index in [-0.39, 0.29) is 24.3 Å². The normalized spacial score (nSPS) is 19.7. The van der Waals surface area contributed by atoms with Crippen LogP contribution in [0.25, 0.3) is 11.1 Å². The minimum Gasteiger partial charge on any atom is -0.496 e. The summed E-state index contributed by atoms with van der Waals surface area (Å²) in [5, 5.41) is 16.6. The highest BCUT2D eigenvalue weighted by atomic mass is 16.6. The molecule has 1 amide bonds. The van der Waals surface area contributed by atoms with Crippen LogP contribution in [0.3, 0.4) is 0 Å². The van der Waals surface area contributed by atoms with E-state index < -0.39 is 0 Å². The van der Waals surface area contributed by atoms with Crippen molar-refractivity contribution in [1.82, 2.24) is 10.1 Å². The molecule has 1 N–H and O–H groups in total. The first-order chi connectivity index (χ1) is 15.9. The molecular weight excluding hydrogens is 420 g/mol. The van der Waals surface area contributed by atoms with Crippen LogP contribution in [0.15, 0.2) is 40.9 Å². The topological polar surface area (TPSA) is 101 Å². The molecule has 0 bridgehead atoms. The molecule has 5 rings (SSSR count). The molecule has 1 saturated heterocycles. The molecular formula is C25H24N4O4. The number of nitrogens with zero attached hydrogens (tertiary/aromatic N) is 3. The summed E-state index contributed by atoms with van der Waals surface area (Å²) in [6.45, 7) is 6.26. The van der Waals surface area contributed by atoms with E-state index in [2.05, 4.69) is 16.5 Å². The second-order valence-electron chi connectivity index (χ2n) is 8.40. The van der Waals surface area contributed by atoms with Crippen LogP contribution in [0.5, 0.6) is 5.75 Å². The quantitative estimate of drug-likeness (QED) is 0.611. The second kappa shape index (κ2) is 7.85. The van der Waals surface area contributed by atoms with Crippen LogP contribution in [-0.4, -0.2) is 35.9 Å². The molecule has 0 saturated carbocycles. The SMILES string of the molecule is COc1cc2c(cc1-c1c(C)noc1C)NCC1OC(=O)N([C@H](C)c3ccc(C#N)cc3)C21. The summed E-state index contributed by atoms with van der Waals surface area (Å²) < 4.78 is 16.9. The van der Waals surface area contributed by atoms with Crippen LogP contribution in [0.4, 0.5) is 10.5 Å². The highest BCUT2D eigenvalue weighted by molar-refractivity contribution is 5.81. The number of ether oxygens (including phenoxy) is 2. The van der Waals surface area contributed by atoms with Crippen LogP contribution in [0.2, 0.25) is 0 Å². The Morgan fingerprint density at radius 3 is 2.67 bits per heavy atom. The Kier molecular flexibility index (Phi) is 4.97. The largest absolute Gasteiger partial charge is 0.496 e. The van der Waals surface area contributed by atoms with Crippen LogP contribution >= 0.6 is 0 Å². The number of amides is 1. The minimum atomic E-state index is -0.356. The first-order valence-corrected chi connectivity index (χ1v) is 10.8. The van der Waals surface area contributed by atoms with Crippen molar-refractivity contribution in [2.75, 3.05) is 19.0 Å². The lowest BCUT2D eigenvalue weighted by Crippen LogP contribution is -2.37. The third kappa shape index (κ3) is 3.28. The van der Waals surface area contributed by atoms with Crippen LogP contribution in [-0.2, 0) is 4.74 Å². The molecule has 33 heavy (non-hydrogen) atoms. The van der Waals surface area contributed by atoms with E-state index in [1.807, 2.05) is 45.0 Å². The van der Waals surface area contributed by atoms with E-state index in [0.717, 1.165) is 39.4 Å². The Hall–Kier alpha value is -3.99. The van der Waals surface area contributed by atoms with E-state index in [1.54, 1.807) is 24.1 Å². The van der Waals surface area contributed by atoms with Gasteiger partial charge < -0.3 is 19.3 Å². The molecule has 3 heterocycles. The lowest BCUT2D eigenvalue weighted by atomic mass is 9.90. The maximum atomic E-state index is 13.0. The first-order valence-electron chi connectivity index (χ1n) is 10.8. The van der Waals surface area contributed by atoms with Gasteiger partial charge in [0.15, 0.2) is 0 Å². The van der Waals surface area contributed by atoms with Crippen molar-refractivity contribution in [3.05, 3.63) is 64.5 Å². The average molecular weight is 444 g/mol. The molecule has 3 aromatic rings.